The van der Waals surface area contributed by atoms with E-state index in [0.29, 0.717) is 5.56 Å². The third kappa shape index (κ3) is 3.83. The summed E-state index contributed by atoms with van der Waals surface area (Å²) in [4.78, 5) is 12.5. The Hall–Kier alpha value is -2.18. The largest absolute Gasteiger partial charge is 0.377 e. The molecule has 0 atom stereocenters. The predicted molar refractivity (Wildman–Crippen MR) is 96.1 cm³/mol. The number of sulfonamides is 1. The number of benzene rings is 2. The van der Waals surface area contributed by atoms with Gasteiger partial charge in [-0.05, 0) is 37.1 Å². The number of Topliss-reactive ketones (excluding diaryl/α,β-unsaturated/α-hetero) is 1. The van der Waals surface area contributed by atoms with Gasteiger partial charge in [-0.2, -0.15) is 0 Å². The molecule has 2 rings (SSSR count). The van der Waals surface area contributed by atoms with Gasteiger partial charge in [-0.3, -0.25) is 4.79 Å². The summed E-state index contributed by atoms with van der Waals surface area (Å²) in [5, 5.41) is 3.15. The zero-order valence-electron chi connectivity index (χ0n) is 14.3. The summed E-state index contributed by atoms with van der Waals surface area (Å²) in [5.74, 6) is -0.159. The van der Waals surface area contributed by atoms with Gasteiger partial charge in [-0.15, -0.1) is 0 Å². The van der Waals surface area contributed by atoms with Crippen LogP contribution in [0.5, 0.6) is 0 Å². The Kier molecular flexibility index (Phi) is 5.41. The highest BCUT2D eigenvalue weighted by molar-refractivity contribution is 7.89. The molecule has 24 heavy (non-hydrogen) atoms. The molecular weight excluding hydrogens is 324 g/mol. The van der Waals surface area contributed by atoms with Crippen molar-refractivity contribution in [2.75, 3.05) is 26.0 Å². The van der Waals surface area contributed by atoms with Crippen molar-refractivity contribution in [3.05, 3.63) is 59.2 Å². The topological polar surface area (TPSA) is 66.5 Å². The second-order valence-corrected chi connectivity index (χ2v) is 8.01. The Labute approximate surface area is 143 Å². The normalized spacial score (nSPS) is 11.5. The molecule has 128 valence electrons. The molecule has 0 aliphatic heterocycles. The molecule has 0 aromatic heterocycles. The zero-order chi connectivity index (χ0) is 17.9. The molecule has 0 heterocycles. The van der Waals surface area contributed by atoms with Gasteiger partial charge in [0.1, 0.15) is 0 Å². The molecule has 1 N–H and O–H groups in total. The van der Waals surface area contributed by atoms with Crippen LogP contribution in [-0.4, -0.2) is 39.1 Å². The van der Waals surface area contributed by atoms with Crippen molar-refractivity contribution in [1.82, 2.24) is 4.31 Å². The first kappa shape index (κ1) is 18.2. The number of carbonyl (C=O) groups excluding carboxylic acids is 1. The second-order valence-electron chi connectivity index (χ2n) is 5.86. The van der Waals surface area contributed by atoms with Crippen LogP contribution in [0.4, 0.5) is 5.69 Å². The maximum atomic E-state index is 12.4. The molecule has 0 fully saturated rings. The van der Waals surface area contributed by atoms with Crippen LogP contribution in [0.3, 0.4) is 0 Å². The molecule has 0 spiro atoms. The van der Waals surface area contributed by atoms with Crippen LogP contribution in [-0.2, 0) is 10.0 Å². The Morgan fingerprint density at radius 3 is 2.21 bits per heavy atom. The summed E-state index contributed by atoms with van der Waals surface area (Å²) in [6.07, 6.45) is 0. The molecule has 0 aliphatic carbocycles. The number of anilines is 1. The Balaban J connectivity index is 2.20. The molecule has 0 bridgehead atoms. The average molecular weight is 346 g/mol. The smallest absolute Gasteiger partial charge is 0.242 e. The van der Waals surface area contributed by atoms with Gasteiger partial charge in [0.25, 0.3) is 0 Å². The van der Waals surface area contributed by atoms with Gasteiger partial charge >= 0.3 is 0 Å². The fraction of sp³-hybridized carbons (Fsp3) is 0.278. The van der Waals surface area contributed by atoms with Crippen LogP contribution < -0.4 is 5.32 Å². The number of aryl methyl sites for hydroxylation is 2. The lowest BCUT2D eigenvalue weighted by molar-refractivity contribution is 0.101. The van der Waals surface area contributed by atoms with Gasteiger partial charge in [-0.1, -0.05) is 30.3 Å². The molecule has 2 aromatic carbocycles. The quantitative estimate of drug-likeness (QED) is 0.817. The van der Waals surface area contributed by atoms with E-state index in [-0.39, 0.29) is 17.2 Å². The number of nitrogens with one attached hydrogen (secondary N) is 1. The monoisotopic (exact) mass is 346 g/mol. The van der Waals surface area contributed by atoms with Crippen LogP contribution in [0.1, 0.15) is 21.5 Å². The van der Waals surface area contributed by atoms with E-state index in [1.165, 1.54) is 26.2 Å². The van der Waals surface area contributed by atoms with E-state index in [4.69, 9.17) is 0 Å². The number of ketones is 1. The van der Waals surface area contributed by atoms with Crippen molar-refractivity contribution < 1.29 is 13.2 Å². The third-order valence-electron chi connectivity index (χ3n) is 3.84. The molecule has 2 aromatic rings. The van der Waals surface area contributed by atoms with Crippen LogP contribution in [0, 0.1) is 13.8 Å². The number of hydrogen-bond donors (Lipinski definition) is 1. The minimum Gasteiger partial charge on any atom is -0.377 e. The van der Waals surface area contributed by atoms with Crippen LogP contribution in [0.2, 0.25) is 0 Å². The summed E-state index contributed by atoms with van der Waals surface area (Å²) in [6.45, 7) is 4.06. The van der Waals surface area contributed by atoms with E-state index in [0.717, 1.165) is 21.1 Å². The first-order valence-electron chi connectivity index (χ1n) is 7.59. The van der Waals surface area contributed by atoms with Crippen molar-refractivity contribution in [1.29, 1.82) is 0 Å². The molecule has 0 radical (unpaired) electrons. The van der Waals surface area contributed by atoms with Gasteiger partial charge in [0.2, 0.25) is 10.0 Å². The van der Waals surface area contributed by atoms with Crippen LogP contribution >= 0.6 is 0 Å². The van der Waals surface area contributed by atoms with E-state index in [1.807, 2.05) is 32.0 Å². The minimum absolute atomic E-state index is 0.108. The number of nitrogens with zero attached hydrogens (tertiary/aromatic N) is 1. The summed E-state index contributed by atoms with van der Waals surface area (Å²) in [6, 6.07) is 12.0. The summed E-state index contributed by atoms with van der Waals surface area (Å²) >= 11 is 0. The first-order chi connectivity index (χ1) is 11.2. The second kappa shape index (κ2) is 7.15. The van der Waals surface area contributed by atoms with E-state index in [9.17, 15) is 13.2 Å². The van der Waals surface area contributed by atoms with Crippen molar-refractivity contribution in [2.45, 2.75) is 18.7 Å². The molecule has 5 nitrogen and oxygen atoms in total. The van der Waals surface area contributed by atoms with Gasteiger partial charge < -0.3 is 5.32 Å². The third-order valence-corrected chi connectivity index (χ3v) is 5.65. The number of para-hydroxylation sites is 1. The lowest BCUT2D eigenvalue weighted by Crippen LogP contribution is -2.23. The summed E-state index contributed by atoms with van der Waals surface area (Å²) < 4.78 is 25.5. The molecule has 0 saturated carbocycles. The minimum atomic E-state index is -3.55. The predicted octanol–water partition coefficient (Wildman–Crippen LogP) is 2.85. The Morgan fingerprint density at radius 1 is 1.04 bits per heavy atom. The highest BCUT2D eigenvalue weighted by Gasteiger charge is 2.18. The van der Waals surface area contributed by atoms with E-state index in [2.05, 4.69) is 5.32 Å². The molecule has 0 amide bonds. The van der Waals surface area contributed by atoms with Gasteiger partial charge in [0, 0.05) is 25.3 Å². The SMILES string of the molecule is Cc1cccc(C)c1NCC(=O)c1cccc(S(=O)(=O)N(C)C)c1. The summed E-state index contributed by atoms with van der Waals surface area (Å²) in [5.41, 5.74) is 3.43. The Bertz CT molecular complexity index is 838. The highest BCUT2D eigenvalue weighted by atomic mass is 32.2. The number of rotatable bonds is 6. The van der Waals surface area contributed by atoms with Gasteiger partial charge in [0.05, 0.1) is 11.4 Å². The standard InChI is InChI=1S/C18H22N2O3S/c1-13-7-5-8-14(2)18(13)19-12-17(21)15-9-6-10-16(11-15)24(22,23)20(3)4/h5-11,19H,12H2,1-4H3. The zero-order valence-corrected chi connectivity index (χ0v) is 15.1. The average Bonchev–Trinajstić information content (AvgIpc) is 2.54. The maximum absolute atomic E-state index is 12.4. The first-order valence-corrected chi connectivity index (χ1v) is 9.03. The van der Waals surface area contributed by atoms with Crippen molar-refractivity contribution in [3.8, 4) is 0 Å². The molecular formula is C18H22N2O3S. The van der Waals surface area contributed by atoms with E-state index < -0.39 is 10.0 Å². The summed E-state index contributed by atoms with van der Waals surface area (Å²) in [7, 11) is -0.624. The van der Waals surface area contributed by atoms with Crippen molar-refractivity contribution >= 4 is 21.5 Å². The van der Waals surface area contributed by atoms with Crippen LogP contribution in [0.25, 0.3) is 0 Å². The fourth-order valence-corrected chi connectivity index (χ4v) is 3.35. The number of carbonyl (C=O) groups is 1. The fourth-order valence-electron chi connectivity index (χ4n) is 2.40. The maximum Gasteiger partial charge on any atom is 0.242 e. The van der Waals surface area contributed by atoms with Gasteiger partial charge in [-0.25, -0.2) is 12.7 Å². The van der Waals surface area contributed by atoms with E-state index in [1.54, 1.807) is 12.1 Å². The molecule has 0 aliphatic rings. The Morgan fingerprint density at radius 2 is 1.62 bits per heavy atom. The highest BCUT2D eigenvalue weighted by Crippen LogP contribution is 2.20. The lowest BCUT2D eigenvalue weighted by Gasteiger charge is -2.13. The van der Waals surface area contributed by atoms with Crippen molar-refractivity contribution in [3.63, 3.8) is 0 Å². The van der Waals surface area contributed by atoms with Crippen LogP contribution in [0.15, 0.2) is 47.4 Å². The van der Waals surface area contributed by atoms with Gasteiger partial charge in [0.15, 0.2) is 5.78 Å². The van der Waals surface area contributed by atoms with E-state index >= 15 is 0 Å². The molecule has 6 heteroatoms. The molecule has 0 unspecified atom stereocenters. The molecule has 0 saturated heterocycles. The lowest BCUT2D eigenvalue weighted by atomic mass is 10.1. The number of hydrogen-bond acceptors (Lipinski definition) is 4. The van der Waals surface area contributed by atoms with Crippen molar-refractivity contribution in [2.24, 2.45) is 0 Å².